The fourth-order valence-corrected chi connectivity index (χ4v) is 1.46. The molecule has 0 amide bonds. The third kappa shape index (κ3) is 2.13. The molecule has 0 aliphatic heterocycles. The van der Waals surface area contributed by atoms with Gasteiger partial charge in [0.2, 0.25) is 0 Å². The van der Waals surface area contributed by atoms with Crippen molar-refractivity contribution in [1.82, 2.24) is 9.55 Å². The van der Waals surface area contributed by atoms with Crippen molar-refractivity contribution < 1.29 is 0 Å². The van der Waals surface area contributed by atoms with E-state index in [9.17, 15) is 4.79 Å². The number of aromatic nitrogens is 2. The van der Waals surface area contributed by atoms with E-state index in [0.29, 0.717) is 12.2 Å². The maximum Gasteiger partial charge on any atom is 0.272 e. The molecule has 1 aromatic carbocycles. The van der Waals surface area contributed by atoms with E-state index in [1.165, 1.54) is 0 Å². The van der Waals surface area contributed by atoms with E-state index in [4.69, 9.17) is 0 Å². The minimum Gasteiger partial charge on any atom is -0.308 e. The lowest BCUT2D eigenvalue weighted by molar-refractivity contribution is 0.737. The lowest BCUT2D eigenvalue weighted by atomic mass is 10.2. The molecule has 0 N–H and O–H groups in total. The van der Waals surface area contributed by atoms with E-state index < -0.39 is 0 Å². The van der Waals surface area contributed by atoms with Gasteiger partial charge in [-0.25, -0.2) is 0 Å². The Balaban J connectivity index is 2.33. The van der Waals surface area contributed by atoms with Gasteiger partial charge in [-0.05, 0) is 12.5 Å². The normalized spacial score (nSPS) is 10.2. The van der Waals surface area contributed by atoms with Crippen molar-refractivity contribution in [3.05, 3.63) is 64.3 Å². The van der Waals surface area contributed by atoms with Crippen LogP contribution in [-0.4, -0.2) is 9.55 Å². The highest BCUT2D eigenvalue weighted by molar-refractivity contribution is 5.15. The zero-order valence-corrected chi connectivity index (χ0v) is 8.55. The minimum atomic E-state index is -0.0265. The maximum absolute atomic E-state index is 11.7. The Hall–Kier alpha value is -1.90. The van der Waals surface area contributed by atoms with Crippen LogP contribution in [0.4, 0.5) is 0 Å². The molecule has 2 rings (SSSR count). The Bertz CT molecular complexity index is 503. The quantitative estimate of drug-likeness (QED) is 0.738. The van der Waals surface area contributed by atoms with Crippen molar-refractivity contribution in [2.75, 3.05) is 0 Å². The molecule has 0 aliphatic carbocycles. The second-order valence-electron chi connectivity index (χ2n) is 3.43. The number of benzene rings is 1. The first-order valence-corrected chi connectivity index (χ1v) is 4.83. The smallest absolute Gasteiger partial charge is 0.272 e. The van der Waals surface area contributed by atoms with E-state index in [2.05, 4.69) is 4.98 Å². The number of nitrogens with zero attached hydrogens (tertiary/aromatic N) is 2. The highest BCUT2D eigenvalue weighted by Crippen LogP contribution is 1.99. The fourth-order valence-electron chi connectivity index (χ4n) is 1.46. The number of aryl methyl sites for hydroxylation is 1. The SMILES string of the molecule is Cc1nccn(Cc2ccccc2)c1=O. The van der Waals surface area contributed by atoms with Gasteiger partial charge in [-0.3, -0.25) is 9.78 Å². The average Bonchev–Trinajstić information content (AvgIpc) is 2.26. The summed E-state index contributed by atoms with van der Waals surface area (Å²) in [6.45, 7) is 2.33. The van der Waals surface area contributed by atoms with Crippen LogP contribution in [-0.2, 0) is 6.54 Å². The molecule has 3 heteroatoms. The largest absolute Gasteiger partial charge is 0.308 e. The van der Waals surface area contributed by atoms with Crippen molar-refractivity contribution in [1.29, 1.82) is 0 Å². The summed E-state index contributed by atoms with van der Waals surface area (Å²) < 4.78 is 1.66. The van der Waals surface area contributed by atoms with Gasteiger partial charge in [0.15, 0.2) is 0 Å². The van der Waals surface area contributed by atoms with Gasteiger partial charge in [0.1, 0.15) is 5.69 Å². The summed E-state index contributed by atoms with van der Waals surface area (Å²) >= 11 is 0. The molecule has 0 bridgehead atoms. The van der Waals surface area contributed by atoms with E-state index in [-0.39, 0.29) is 5.56 Å². The van der Waals surface area contributed by atoms with Gasteiger partial charge in [0.25, 0.3) is 5.56 Å². The van der Waals surface area contributed by atoms with E-state index in [1.54, 1.807) is 23.9 Å². The Morgan fingerprint density at radius 2 is 2.00 bits per heavy atom. The molecule has 15 heavy (non-hydrogen) atoms. The molecule has 3 nitrogen and oxygen atoms in total. The Kier molecular flexibility index (Phi) is 2.63. The zero-order valence-electron chi connectivity index (χ0n) is 8.55. The molecular formula is C12H12N2O. The van der Waals surface area contributed by atoms with Crippen LogP contribution in [0.3, 0.4) is 0 Å². The van der Waals surface area contributed by atoms with Crippen molar-refractivity contribution in [3.8, 4) is 0 Å². The minimum absolute atomic E-state index is 0.0265. The summed E-state index contributed by atoms with van der Waals surface area (Å²) in [5, 5.41) is 0. The molecule has 0 saturated heterocycles. The number of rotatable bonds is 2. The maximum atomic E-state index is 11.7. The highest BCUT2D eigenvalue weighted by Gasteiger charge is 1.99. The van der Waals surface area contributed by atoms with Gasteiger partial charge in [-0.15, -0.1) is 0 Å². The average molecular weight is 200 g/mol. The molecule has 2 aromatic rings. The van der Waals surface area contributed by atoms with Gasteiger partial charge >= 0.3 is 0 Å². The summed E-state index contributed by atoms with van der Waals surface area (Å²) in [5.41, 5.74) is 1.62. The predicted octanol–water partition coefficient (Wildman–Crippen LogP) is 1.60. The fraction of sp³-hybridized carbons (Fsp3) is 0.167. The third-order valence-electron chi connectivity index (χ3n) is 2.28. The van der Waals surface area contributed by atoms with Crippen LogP contribution in [0.25, 0.3) is 0 Å². The highest BCUT2D eigenvalue weighted by atomic mass is 16.1. The molecule has 0 fully saturated rings. The molecule has 0 atom stereocenters. The predicted molar refractivity (Wildman–Crippen MR) is 58.8 cm³/mol. The molecule has 0 unspecified atom stereocenters. The van der Waals surface area contributed by atoms with Crippen molar-refractivity contribution in [3.63, 3.8) is 0 Å². The summed E-state index contributed by atoms with van der Waals surface area (Å²) in [6, 6.07) is 9.90. The second-order valence-corrected chi connectivity index (χ2v) is 3.43. The topological polar surface area (TPSA) is 34.9 Å². The van der Waals surface area contributed by atoms with Crippen LogP contribution in [0.1, 0.15) is 11.3 Å². The lowest BCUT2D eigenvalue weighted by Crippen LogP contribution is -2.22. The first kappa shape index (κ1) is 9.65. The van der Waals surface area contributed by atoms with Crippen LogP contribution < -0.4 is 5.56 Å². The van der Waals surface area contributed by atoms with Crippen LogP contribution in [0.2, 0.25) is 0 Å². The lowest BCUT2D eigenvalue weighted by Gasteiger charge is -2.05. The van der Waals surface area contributed by atoms with Crippen LogP contribution in [0, 0.1) is 6.92 Å². The van der Waals surface area contributed by atoms with Crippen LogP contribution >= 0.6 is 0 Å². The molecule has 0 spiro atoms. The summed E-state index contributed by atoms with van der Waals surface area (Å²) in [6.07, 6.45) is 3.36. The molecule has 0 saturated carbocycles. The second kappa shape index (κ2) is 4.09. The van der Waals surface area contributed by atoms with Crippen LogP contribution in [0.15, 0.2) is 47.5 Å². The van der Waals surface area contributed by atoms with Gasteiger partial charge in [-0.1, -0.05) is 30.3 Å². The first-order valence-electron chi connectivity index (χ1n) is 4.83. The van der Waals surface area contributed by atoms with Gasteiger partial charge in [0.05, 0.1) is 6.54 Å². The first-order chi connectivity index (χ1) is 7.27. The molecule has 0 aliphatic rings. The van der Waals surface area contributed by atoms with Crippen molar-refractivity contribution in [2.45, 2.75) is 13.5 Å². The van der Waals surface area contributed by atoms with Gasteiger partial charge in [-0.2, -0.15) is 0 Å². The number of hydrogen-bond donors (Lipinski definition) is 0. The molecule has 1 heterocycles. The Morgan fingerprint density at radius 3 is 2.73 bits per heavy atom. The third-order valence-corrected chi connectivity index (χ3v) is 2.28. The summed E-state index contributed by atoms with van der Waals surface area (Å²) in [4.78, 5) is 15.6. The van der Waals surface area contributed by atoms with Crippen LogP contribution in [0.5, 0.6) is 0 Å². The van der Waals surface area contributed by atoms with Crippen molar-refractivity contribution in [2.24, 2.45) is 0 Å². The molecule has 76 valence electrons. The summed E-state index contributed by atoms with van der Waals surface area (Å²) in [7, 11) is 0. The molecular weight excluding hydrogens is 188 g/mol. The van der Waals surface area contributed by atoms with E-state index in [0.717, 1.165) is 5.56 Å². The summed E-state index contributed by atoms with van der Waals surface area (Å²) in [5.74, 6) is 0. The monoisotopic (exact) mass is 200 g/mol. The Labute approximate surface area is 88.0 Å². The molecule has 0 radical (unpaired) electrons. The van der Waals surface area contributed by atoms with E-state index >= 15 is 0 Å². The van der Waals surface area contributed by atoms with E-state index in [1.807, 2.05) is 30.3 Å². The van der Waals surface area contributed by atoms with Gasteiger partial charge in [0, 0.05) is 12.4 Å². The van der Waals surface area contributed by atoms with Gasteiger partial charge < -0.3 is 4.57 Å². The zero-order chi connectivity index (χ0) is 10.7. The molecule has 1 aromatic heterocycles. The number of hydrogen-bond acceptors (Lipinski definition) is 2. The Morgan fingerprint density at radius 1 is 1.27 bits per heavy atom. The van der Waals surface area contributed by atoms with Crippen molar-refractivity contribution >= 4 is 0 Å². The standard InChI is InChI=1S/C12H12N2O/c1-10-12(15)14(8-7-13-10)9-11-5-3-2-4-6-11/h2-8H,9H2,1H3.